The Kier molecular flexibility index (Phi) is 4.11. The van der Waals surface area contributed by atoms with E-state index in [1.807, 2.05) is 43.3 Å². The SMILES string of the molecule is CCc1nc2ccc(C(=O)NCc3ccccc3Cl)cc2[nH]1. The predicted molar refractivity (Wildman–Crippen MR) is 88.1 cm³/mol. The third kappa shape index (κ3) is 2.97. The molecule has 0 fully saturated rings. The van der Waals surface area contributed by atoms with Crippen LogP contribution in [0.15, 0.2) is 42.5 Å². The fourth-order valence-electron chi connectivity index (χ4n) is 2.29. The Labute approximate surface area is 133 Å². The number of benzene rings is 2. The Morgan fingerprint density at radius 3 is 2.86 bits per heavy atom. The number of rotatable bonds is 4. The minimum absolute atomic E-state index is 0.130. The summed E-state index contributed by atoms with van der Waals surface area (Å²) >= 11 is 6.09. The maximum absolute atomic E-state index is 12.3. The van der Waals surface area contributed by atoms with Crippen LogP contribution in [0.25, 0.3) is 11.0 Å². The van der Waals surface area contributed by atoms with Crippen LogP contribution in [0.1, 0.15) is 28.7 Å². The summed E-state index contributed by atoms with van der Waals surface area (Å²) in [5, 5.41) is 3.54. The molecule has 0 aliphatic heterocycles. The molecule has 0 aliphatic rings. The molecule has 4 nitrogen and oxygen atoms in total. The van der Waals surface area contributed by atoms with Crippen molar-refractivity contribution < 1.29 is 4.79 Å². The summed E-state index contributed by atoms with van der Waals surface area (Å²) < 4.78 is 0. The summed E-state index contributed by atoms with van der Waals surface area (Å²) in [6, 6.07) is 12.9. The Bertz CT molecular complexity index is 826. The molecule has 1 aromatic heterocycles. The van der Waals surface area contributed by atoms with Crippen molar-refractivity contribution >= 4 is 28.5 Å². The second kappa shape index (κ2) is 6.20. The summed E-state index contributed by atoms with van der Waals surface area (Å²) in [5.74, 6) is 0.790. The number of carbonyl (C=O) groups excluding carboxylic acids is 1. The number of nitrogens with zero attached hydrogens (tertiary/aromatic N) is 1. The molecule has 0 aliphatic carbocycles. The van der Waals surface area contributed by atoms with Crippen LogP contribution in [0.2, 0.25) is 5.02 Å². The van der Waals surface area contributed by atoms with E-state index in [0.717, 1.165) is 28.8 Å². The van der Waals surface area contributed by atoms with Crippen molar-refractivity contribution in [2.24, 2.45) is 0 Å². The molecule has 1 amide bonds. The lowest BCUT2D eigenvalue weighted by molar-refractivity contribution is 0.0951. The highest BCUT2D eigenvalue weighted by Gasteiger charge is 2.09. The van der Waals surface area contributed by atoms with Gasteiger partial charge in [-0.25, -0.2) is 4.98 Å². The number of aromatic nitrogens is 2. The van der Waals surface area contributed by atoms with Crippen LogP contribution >= 0.6 is 11.6 Å². The number of hydrogen-bond donors (Lipinski definition) is 2. The average Bonchev–Trinajstić information content (AvgIpc) is 2.96. The third-order valence-corrected chi connectivity index (χ3v) is 3.89. The van der Waals surface area contributed by atoms with Gasteiger partial charge in [0, 0.05) is 23.6 Å². The molecule has 0 unspecified atom stereocenters. The summed E-state index contributed by atoms with van der Waals surface area (Å²) in [6.45, 7) is 2.44. The molecule has 3 rings (SSSR count). The first-order valence-corrected chi connectivity index (χ1v) is 7.55. The van der Waals surface area contributed by atoms with Crippen LogP contribution < -0.4 is 5.32 Å². The molecule has 3 aromatic rings. The average molecular weight is 314 g/mol. The van der Waals surface area contributed by atoms with Gasteiger partial charge in [0.2, 0.25) is 0 Å². The van der Waals surface area contributed by atoms with Crippen molar-refractivity contribution in [3.63, 3.8) is 0 Å². The molecule has 22 heavy (non-hydrogen) atoms. The molecule has 112 valence electrons. The fourth-order valence-corrected chi connectivity index (χ4v) is 2.49. The quantitative estimate of drug-likeness (QED) is 0.771. The molecule has 0 saturated heterocycles. The monoisotopic (exact) mass is 313 g/mol. The van der Waals surface area contributed by atoms with E-state index in [9.17, 15) is 4.79 Å². The van der Waals surface area contributed by atoms with Crippen LogP contribution in [-0.2, 0) is 13.0 Å². The van der Waals surface area contributed by atoms with Gasteiger partial charge in [-0.2, -0.15) is 0 Å². The van der Waals surface area contributed by atoms with E-state index in [1.54, 1.807) is 6.07 Å². The van der Waals surface area contributed by atoms with Crippen LogP contribution in [0.4, 0.5) is 0 Å². The standard InChI is InChI=1S/C17H16ClN3O/c1-2-16-20-14-8-7-11(9-15(14)21-16)17(22)19-10-12-5-3-4-6-13(12)18/h3-9H,2,10H2,1H3,(H,19,22)(H,20,21). The van der Waals surface area contributed by atoms with Crippen molar-refractivity contribution in [1.29, 1.82) is 0 Å². The van der Waals surface area contributed by atoms with E-state index in [0.29, 0.717) is 17.1 Å². The maximum atomic E-state index is 12.3. The highest BCUT2D eigenvalue weighted by atomic mass is 35.5. The van der Waals surface area contributed by atoms with Gasteiger partial charge in [0.15, 0.2) is 0 Å². The zero-order valence-corrected chi connectivity index (χ0v) is 12.9. The number of halogens is 1. The van der Waals surface area contributed by atoms with Crippen LogP contribution in [0.5, 0.6) is 0 Å². The molecule has 0 radical (unpaired) electrons. The minimum Gasteiger partial charge on any atom is -0.348 e. The van der Waals surface area contributed by atoms with Gasteiger partial charge in [-0.1, -0.05) is 36.7 Å². The van der Waals surface area contributed by atoms with Crippen molar-refractivity contribution in [3.05, 3.63) is 64.4 Å². The predicted octanol–water partition coefficient (Wildman–Crippen LogP) is 3.71. The number of aromatic amines is 1. The highest BCUT2D eigenvalue weighted by molar-refractivity contribution is 6.31. The first kappa shape index (κ1) is 14.6. The van der Waals surface area contributed by atoms with E-state index in [2.05, 4.69) is 15.3 Å². The number of fused-ring (bicyclic) bond motifs is 1. The molecule has 0 saturated carbocycles. The zero-order chi connectivity index (χ0) is 15.5. The third-order valence-electron chi connectivity index (χ3n) is 3.53. The van der Waals surface area contributed by atoms with Crippen molar-refractivity contribution in [3.8, 4) is 0 Å². The number of carbonyl (C=O) groups is 1. The first-order chi connectivity index (χ1) is 10.7. The number of H-pyrrole nitrogens is 1. The molecule has 0 bridgehead atoms. The lowest BCUT2D eigenvalue weighted by Crippen LogP contribution is -2.22. The Morgan fingerprint density at radius 2 is 2.09 bits per heavy atom. The van der Waals surface area contributed by atoms with Gasteiger partial charge in [-0.3, -0.25) is 4.79 Å². The summed E-state index contributed by atoms with van der Waals surface area (Å²) in [4.78, 5) is 19.9. The number of amides is 1. The Hall–Kier alpha value is -2.33. The molecule has 2 N–H and O–H groups in total. The summed E-state index contributed by atoms with van der Waals surface area (Å²) in [7, 11) is 0. The van der Waals surface area contributed by atoms with Gasteiger partial charge < -0.3 is 10.3 Å². The Morgan fingerprint density at radius 1 is 1.27 bits per heavy atom. The Balaban J connectivity index is 1.76. The second-order valence-electron chi connectivity index (χ2n) is 5.04. The molecular weight excluding hydrogens is 298 g/mol. The van der Waals surface area contributed by atoms with E-state index in [4.69, 9.17) is 11.6 Å². The first-order valence-electron chi connectivity index (χ1n) is 7.17. The maximum Gasteiger partial charge on any atom is 0.251 e. The number of imidazole rings is 1. The van der Waals surface area contributed by atoms with Gasteiger partial charge >= 0.3 is 0 Å². The molecule has 1 heterocycles. The topological polar surface area (TPSA) is 57.8 Å². The van der Waals surface area contributed by atoms with Gasteiger partial charge in [-0.15, -0.1) is 0 Å². The lowest BCUT2D eigenvalue weighted by atomic mass is 10.1. The van der Waals surface area contributed by atoms with E-state index in [-0.39, 0.29) is 5.91 Å². The smallest absolute Gasteiger partial charge is 0.251 e. The van der Waals surface area contributed by atoms with Crippen molar-refractivity contribution in [1.82, 2.24) is 15.3 Å². The number of aryl methyl sites for hydroxylation is 1. The normalized spacial score (nSPS) is 10.8. The summed E-state index contributed by atoms with van der Waals surface area (Å²) in [6.07, 6.45) is 0.836. The molecule has 2 aromatic carbocycles. The molecular formula is C17H16ClN3O. The van der Waals surface area contributed by atoms with Crippen molar-refractivity contribution in [2.45, 2.75) is 19.9 Å². The lowest BCUT2D eigenvalue weighted by Gasteiger charge is -2.07. The van der Waals surface area contributed by atoms with Crippen LogP contribution in [-0.4, -0.2) is 15.9 Å². The van der Waals surface area contributed by atoms with Gasteiger partial charge in [0.25, 0.3) is 5.91 Å². The van der Waals surface area contributed by atoms with Gasteiger partial charge in [0.05, 0.1) is 11.0 Å². The van der Waals surface area contributed by atoms with Crippen LogP contribution in [0.3, 0.4) is 0 Å². The van der Waals surface area contributed by atoms with Gasteiger partial charge in [0.1, 0.15) is 5.82 Å². The van der Waals surface area contributed by atoms with Crippen molar-refractivity contribution in [2.75, 3.05) is 0 Å². The molecule has 0 atom stereocenters. The van der Waals surface area contributed by atoms with E-state index in [1.165, 1.54) is 0 Å². The van der Waals surface area contributed by atoms with E-state index >= 15 is 0 Å². The van der Waals surface area contributed by atoms with E-state index < -0.39 is 0 Å². The number of hydrogen-bond acceptors (Lipinski definition) is 2. The van der Waals surface area contributed by atoms with Crippen LogP contribution in [0, 0.1) is 0 Å². The fraction of sp³-hybridized carbons (Fsp3) is 0.176. The second-order valence-corrected chi connectivity index (χ2v) is 5.45. The minimum atomic E-state index is -0.130. The zero-order valence-electron chi connectivity index (χ0n) is 12.2. The van der Waals surface area contributed by atoms with Gasteiger partial charge in [-0.05, 0) is 29.8 Å². The summed E-state index contributed by atoms with van der Waals surface area (Å²) in [5.41, 5.74) is 3.25. The highest BCUT2D eigenvalue weighted by Crippen LogP contribution is 2.16. The number of nitrogens with one attached hydrogen (secondary N) is 2. The molecule has 0 spiro atoms. The molecule has 5 heteroatoms. The largest absolute Gasteiger partial charge is 0.348 e.